The highest BCUT2D eigenvalue weighted by Crippen LogP contribution is 2.11. The summed E-state index contributed by atoms with van der Waals surface area (Å²) in [5.74, 6) is -1.33. The highest BCUT2D eigenvalue weighted by Gasteiger charge is 1.97. The van der Waals surface area contributed by atoms with Gasteiger partial charge in [-0.1, -0.05) is 141 Å². The number of carbonyl (C=O) groups is 2. The van der Waals surface area contributed by atoms with Crippen LogP contribution in [-0.4, -0.2) is 45.0 Å². The minimum atomic E-state index is -0.664. The van der Waals surface area contributed by atoms with Crippen LogP contribution in [0.3, 0.4) is 0 Å². The summed E-state index contributed by atoms with van der Waals surface area (Å²) >= 11 is 0. The molecule has 0 aliphatic heterocycles. The van der Waals surface area contributed by atoms with Crippen LogP contribution in [0.25, 0.3) is 0 Å². The van der Waals surface area contributed by atoms with Gasteiger partial charge in [0.15, 0.2) is 0 Å². The van der Waals surface area contributed by atoms with E-state index in [-0.39, 0.29) is 22.8 Å². The molecule has 0 saturated heterocycles. The van der Waals surface area contributed by atoms with Crippen LogP contribution in [0.5, 0.6) is 0 Å². The van der Waals surface area contributed by atoms with Gasteiger partial charge in [-0.2, -0.15) is 0 Å². The molecule has 0 spiro atoms. The Balaban J connectivity index is -0.000000328. The summed E-state index contributed by atoms with van der Waals surface area (Å²) in [6, 6.07) is 0. The molecule has 0 fully saturated rings. The van der Waals surface area contributed by atoms with Crippen molar-refractivity contribution in [1.82, 2.24) is 0 Å². The molecule has 0 atom stereocenters. The molecule has 0 aromatic rings. The summed E-state index contributed by atoms with van der Waals surface area (Å²) in [4.78, 5) is 20.6. The maximum atomic E-state index is 10.3. The third-order valence-electron chi connectivity index (χ3n) is 7.30. The fraction of sp³-hybridized carbons (Fsp3) is 0.833. The van der Waals surface area contributed by atoms with Crippen molar-refractivity contribution in [2.45, 2.75) is 194 Å². The molecule has 3 radical (unpaired) electrons. The molecule has 0 bridgehead atoms. The van der Waals surface area contributed by atoms with E-state index in [1.54, 1.807) is 0 Å². The van der Waals surface area contributed by atoms with Gasteiger partial charge in [-0.15, -0.1) is 0 Å². The maximum absolute atomic E-state index is 10.3. The van der Waals surface area contributed by atoms with Crippen LogP contribution in [0.4, 0.5) is 0 Å². The van der Waals surface area contributed by atoms with E-state index in [0.717, 1.165) is 25.7 Å². The zero-order valence-electron chi connectivity index (χ0n) is 27.9. The molecule has 0 saturated carbocycles. The van der Waals surface area contributed by atoms with Crippen LogP contribution < -0.4 is 0 Å². The van der Waals surface area contributed by atoms with Crippen LogP contribution in [0, 0.1) is 0 Å². The monoisotopic (exact) mass is 610 g/mol. The molecule has 0 unspecified atom stereocenters. The van der Waals surface area contributed by atoms with E-state index in [4.69, 9.17) is 10.2 Å². The highest BCUT2D eigenvalue weighted by molar-refractivity contribution is 5.75. The second kappa shape index (κ2) is 44.4. The number of aliphatic carboxylic acids is 2. The quantitative estimate of drug-likeness (QED) is 0.0480. The molecule has 5 nitrogen and oxygen atoms in total. The van der Waals surface area contributed by atoms with E-state index >= 15 is 0 Å². The van der Waals surface area contributed by atoms with Crippen molar-refractivity contribution in [2.75, 3.05) is 0 Å². The first kappa shape index (κ1) is 47.8. The topological polar surface area (TPSA) is 106 Å². The first-order chi connectivity index (χ1) is 19.5. The van der Waals surface area contributed by atoms with E-state index in [9.17, 15) is 9.59 Å². The van der Waals surface area contributed by atoms with Gasteiger partial charge in [-0.05, 0) is 64.2 Å². The normalized spacial score (nSPS) is 10.7. The molecule has 247 valence electrons. The summed E-state index contributed by atoms with van der Waals surface area (Å²) in [6.07, 6.45) is 42.5. The van der Waals surface area contributed by atoms with Crippen molar-refractivity contribution in [2.24, 2.45) is 0 Å². The Hall–Kier alpha value is -1.09. The van der Waals surface area contributed by atoms with Crippen LogP contribution in [0.2, 0.25) is 0 Å². The SMILES string of the molecule is CCCCCCCC/C=C/CCCCCCCC(=O)O.CCCCCCCC/C=C/CCCCCCCC(=O)O.O.[Al]. The van der Waals surface area contributed by atoms with E-state index in [2.05, 4.69) is 38.2 Å². The second-order valence-electron chi connectivity index (χ2n) is 11.5. The Kier molecular flexibility index (Phi) is 50.5. The lowest BCUT2D eigenvalue weighted by atomic mass is 10.1. The van der Waals surface area contributed by atoms with Crippen molar-refractivity contribution in [3.63, 3.8) is 0 Å². The molecule has 42 heavy (non-hydrogen) atoms. The zero-order valence-corrected chi connectivity index (χ0v) is 29.1. The van der Waals surface area contributed by atoms with Gasteiger partial charge in [-0.3, -0.25) is 9.59 Å². The minimum Gasteiger partial charge on any atom is -0.481 e. The summed E-state index contributed by atoms with van der Waals surface area (Å²) in [6.45, 7) is 4.52. The molecule has 0 amide bonds. The smallest absolute Gasteiger partial charge is 0.303 e. The molecular formula is C36H70AlO5. The Morgan fingerprint density at radius 2 is 0.619 bits per heavy atom. The van der Waals surface area contributed by atoms with Gasteiger partial charge in [0.1, 0.15) is 0 Å². The van der Waals surface area contributed by atoms with Crippen molar-refractivity contribution >= 4 is 29.3 Å². The number of carboxylic acid groups (broad SMARTS) is 2. The summed E-state index contributed by atoms with van der Waals surface area (Å²) in [7, 11) is 0. The molecule has 0 aromatic carbocycles. The fourth-order valence-electron chi connectivity index (χ4n) is 4.69. The third-order valence-corrected chi connectivity index (χ3v) is 7.30. The first-order valence-corrected chi connectivity index (χ1v) is 17.3. The van der Waals surface area contributed by atoms with Crippen molar-refractivity contribution in [3.8, 4) is 0 Å². The zero-order chi connectivity index (χ0) is 29.8. The van der Waals surface area contributed by atoms with Gasteiger partial charge in [0.2, 0.25) is 0 Å². The molecule has 0 aliphatic carbocycles. The predicted octanol–water partition coefficient (Wildman–Crippen LogP) is 11.0. The van der Waals surface area contributed by atoms with E-state index < -0.39 is 11.9 Å². The van der Waals surface area contributed by atoms with Crippen molar-refractivity contribution < 1.29 is 25.3 Å². The summed E-state index contributed by atoms with van der Waals surface area (Å²) in [5.41, 5.74) is 0. The van der Waals surface area contributed by atoms with Crippen molar-refractivity contribution in [1.29, 1.82) is 0 Å². The van der Waals surface area contributed by atoms with Crippen LogP contribution in [0.15, 0.2) is 24.3 Å². The number of rotatable bonds is 30. The average molecular weight is 610 g/mol. The van der Waals surface area contributed by atoms with Gasteiger partial charge < -0.3 is 15.7 Å². The molecule has 0 rings (SSSR count). The molecule has 0 aromatic heterocycles. The highest BCUT2D eigenvalue weighted by atomic mass is 27.0. The number of unbranched alkanes of at least 4 members (excludes halogenated alkanes) is 22. The van der Waals surface area contributed by atoms with Crippen LogP contribution in [0.1, 0.15) is 194 Å². The van der Waals surface area contributed by atoms with Crippen LogP contribution >= 0.6 is 0 Å². The summed E-state index contributed by atoms with van der Waals surface area (Å²) in [5, 5.41) is 17.0. The van der Waals surface area contributed by atoms with Crippen LogP contribution in [-0.2, 0) is 9.59 Å². The Bertz CT molecular complexity index is 527. The fourth-order valence-corrected chi connectivity index (χ4v) is 4.69. The Morgan fingerprint density at radius 3 is 0.857 bits per heavy atom. The van der Waals surface area contributed by atoms with E-state index in [1.807, 2.05) is 0 Å². The Morgan fingerprint density at radius 1 is 0.405 bits per heavy atom. The van der Waals surface area contributed by atoms with Gasteiger partial charge in [-0.25, -0.2) is 0 Å². The molecule has 6 heteroatoms. The largest absolute Gasteiger partial charge is 0.481 e. The molecule has 4 N–H and O–H groups in total. The average Bonchev–Trinajstić information content (AvgIpc) is 2.93. The van der Waals surface area contributed by atoms with E-state index in [0.29, 0.717) is 12.8 Å². The van der Waals surface area contributed by atoms with Gasteiger partial charge in [0.25, 0.3) is 0 Å². The van der Waals surface area contributed by atoms with Gasteiger partial charge in [0.05, 0.1) is 0 Å². The Labute approximate surface area is 271 Å². The second-order valence-corrected chi connectivity index (χ2v) is 11.5. The lowest BCUT2D eigenvalue weighted by Gasteiger charge is -1.99. The van der Waals surface area contributed by atoms with Crippen molar-refractivity contribution in [3.05, 3.63) is 24.3 Å². The van der Waals surface area contributed by atoms with Gasteiger partial charge >= 0.3 is 11.9 Å². The predicted molar refractivity (Wildman–Crippen MR) is 184 cm³/mol. The molecule has 0 aliphatic rings. The number of hydrogen-bond acceptors (Lipinski definition) is 2. The molecular weight excluding hydrogens is 539 g/mol. The third kappa shape index (κ3) is 51.6. The number of hydrogen-bond donors (Lipinski definition) is 2. The lowest BCUT2D eigenvalue weighted by Crippen LogP contribution is -1.93. The summed E-state index contributed by atoms with van der Waals surface area (Å²) < 4.78 is 0. The molecule has 0 heterocycles. The maximum Gasteiger partial charge on any atom is 0.303 e. The first-order valence-electron chi connectivity index (χ1n) is 17.3. The standard InChI is InChI=1S/2C18H34O2.Al.H2O/c2*1-2-3-4-5-6-7-8-9-10-11-12-13-14-15-16-17-18(19)20;;/h2*9-10H,2-8,11-17H2,1H3,(H,19,20);;1H2/b2*10-9+;;. The lowest BCUT2D eigenvalue weighted by molar-refractivity contribution is -0.138. The van der Waals surface area contributed by atoms with Gasteiger partial charge in [0, 0.05) is 30.2 Å². The number of carboxylic acids is 2. The minimum absolute atomic E-state index is 0. The number of allylic oxidation sites excluding steroid dienone is 4. The van der Waals surface area contributed by atoms with E-state index in [1.165, 1.54) is 141 Å².